The number of nitrogens with zero attached hydrogens (tertiary/aromatic N) is 1. The molecule has 1 atom stereocenters. The van der Waals surface area contributed by atoms with Gasteiger partial charge in [0.05, 0.1) is 19.3 Å². The van der Waals surface area contributed by atoms with E-state index in [1.54, 1.807) is 36.4 Å². The van der Waals surface area contributed by atoms with Gasteiger partial charge in [-0.3, -0.25) is 9.69 Å². The van der Waals surface area contributed by atoms with Crippen molar-refractivity contribution in [1.82, 2.24) is 10.2 Å². The molecule has 1 unspecified atom stereocenters. The number of hydrogen-bond acceptors (Lipinski definition) is 3. The molecule has 1 saturated heterocycles. The summed E-state index contributed by atoms with van der Waals surface area (Å²) in [6, 6.07) is 13.2. The summed E-state index contributed by atoms with van der Waals surface area (Å²) in [5, 5.41) is 3.56. The van der Waals surface area contributed by atoms with Gasteiger partial charge in [-0.1, -0.05) is 23.7 Å². The quantitative estimate of drug-likeness (QED) is 0.887. The molecule has 0 aliphatic carbocycles. The first-order valence-electron chi connectivity index (χ1n) is 8.24. The molecule has 2 aromatic rings. The van der Waals surface area contributed by atoms with E-state index in [-0.39, 0.29) is 17.8 Å². The van der Waals surface area contributed by atoms with E-state index in [4.69, 9.17) is 16.3 Å². The fourth-order valence-electron chi connectivity index (χ4n) is 2.92. The molecule has 0 radical (unpaired) electrons. The molecular weight excluding hydrogens is 343 g/mol. The first kappa shape index (κ1) is 17.9. The topological polar surface area (TPSA) is 41.6 Å². The maximum Gasteiger partial charge on any atom is 0.251 e. The van der Waals surface area contributed by atoms with Crippen LogP contribution in [-0.2, 0) is 4.74 Å². The van der Waals surface area contributed by atoms with E-state index >= 15 is 0 Å². The molecule has 1 aliphatic heterocycles. The Morgan fingerprint density at radius 3 is 2.40 bits per heavy atom. The summed E-state index contributed by atoms with van der Waals surface area (Å²) in [6.45, 7) is 3.30. The van der Waals surface area contributed by atoms with Crippen LogP contribution in [-0.4, -0.2) is 43.7 Å². The van der Waals surface area contributed by atoms with Crippen LogP contribution < -0.4 is 5.32 Å². The molecule has 25 heavy (non-hydrogen) atoms. The van der Waals surface area contributed by atoms with E-state index in [0.717, 1.165) is 18.7 Å². The van der Waals surface area contributed by atoms with Crippen LogP contribution in [0.4, 0.5) is 4.39 Å². The average molecular weight is 363 g/mol. The lowest BCUT2D eigenvalue weighted by molar-refractivity contribution is 0.0162. The molecule has 0 spiro atoms. The van der Waals surface area contributed by atoms with Crippen molar-refractivity contribution >= 4 is 17.5 Å². The van der Waals surface area contributed by atoms with Gasteiger partial charge >= 0.3 is 0 Å². The number of nitrogens with one attached hydrogen (secondary N) is 1. The van der Waals surface area contributed by atoms with E-state index in [1.807, 2.05) is 0 Å². The molecule has 2 aromatic carbocycles. The minimum Gasteiger partial charge on any atom is -0.379 e. The molecular formula is C19H20ClFN2O2. The van der Waals surface area contributed by atoms with Crippen LogP contribution in [0.25, 0.3) is 0 Å². The minimum absolute atomic E-state index is 0.0271. The molecule has 6 heteroatoms. The van der Waals surface area contributed by atoms with Gasteiger partial charge in [-0.05, 0) is 42.0 Å². The largest absolute Gasteiger partial charge is 0.379 e. The summed E-state index contributed by atoms with van der Waals surface area (Å²) in [5.74, 6) is -0.424. The van der Waals surface area contributed by atoms with E-state index in [0.29, 0.717) is 30.3 Å². The number of morpholine rings is 1. The van der Waals surface area contributed by atoms with Gasteiger partial charge in [-0.2, -0.15) is 0 Å². The van der Waals surface area contributed by atoms with Crippen molar-refractivity contribution in [3.63, 3.8) is 0 Å². The summed E-state index contributed by atoms with van der Waals surface area (Å²) in [6.07, 6.45) is 0. The fraction of sp³-hybridized carbons (Fsp3) is 0.316. The second-order valence-corrected chi connectivity index (χ2v) is 6.37. The van der Waals surface area contributed by atoms with Gasteiger partial charge in [0.15, 0.2) is 0 Å². The Labute approximate surface area is 151 Å². The molecule has 132 valence electrons. The zero-order valence-corrected chi connectivity index (χ0v) is 14.5. The number of halogens is 2. The predicted molar refractivity (Wildman–Crippen MR) is 95.3 cm³/mol. The highest BCUT2D eigenvalue weighted by atomic mass is 35.5. The molecule has 0 aromatic heterocycles. The van der Waals surface area contributed by atoms with E-state index in [9.17, 15) is 9.18 Å². The highest BCUT2D eigenvalue weighted by Crippen LogP contribution is 2.22. The van der Waals surface area contributed by atoms with Crippen molar-refractivity contribution in [2.75, 3.05) is 32.8 Å². The summed E-state index contributed by atoms with van der Waals surface area (Å²) in [5.41, 5.74) is 1.53. The van der Waals surface area contributed by atoms with Crippen LogP contribution in [0.5, 0.6) is 0 Å². The Hall–Kier alpha value is -1.95. The number of amides is 1. The number of hydrogen-bond donors (Lipinski definition) is 1. The van der Waals surface area contributed by atoms with Crippen LogP contribution in [0.1, 0.15) is 22.0 Å². The first-order valence-corrected chi connectivity index (χ1v) is 8.62. The lowest BCUT2D eigenvalue weighted by Gasteiger charge is -2.35. The normalized spacial score (nSPS) is 16.4. The van der Waals surface area contributed by atoms with Gasteiger partial charge in [0.1, 0.15) is 5.82 Å². The molecule has 0 saturated carbocycles. The highest BCUT2D eigenvalue weighted by molar-refractivity contribution is 6.30. The summed E-state index contributed by atoms with van der Waals surface area (Å²) < 4.78 is 18.7. The second kappa shape index (κ2) is 8.43. The SMILES string of the molecule is O=C(NCC(c1ccc(F)cc1)N1CCOCC1)c1ccc(Cl)cc1. The molecule has 1 N–H and O–H groups in total. The number of ether oxygens (including phenoxy) is 1. The van der Waals surface area contributed by atoms with Crippen LogP contribution in [0.3, 0.4) is 0 Å². The summed E-state index contributed by atoms with van der Waals surface area (Å²) in [7, 11) is 0. The number of rotatable bonds is 5. The van der Waals surface area contributed by atoms with Crippen LogP contribution >= 0.6 is 11.6 Å². The molecule has 4 nitrogen and oxygen atoms in total. The Balaban J connectivity index is 1.71. The van der Waals surface area contributed by atoms with Crippen LogP contribution in [0.2, 0.25) is 5.02 Å². The summed E-state index contributed by atoms with van der Waals surface area (Å²) in [4.78, 5) is 14.6. The van der Waals surface area contributed by atoms with Crippen molar-refractivity contribution in [1.29, 1.82) is 0 Å². The Morgan fingerprint density at radius 2 is 1.76 bits per heavy atom. The zero-order chi connectivity index (χ0) is 17.6. The molecule has 1 amide bonds. The third-order valence-electron chi connectivity index (χ3n) is 4.30. The zero-order valence-electron chi connectivity index (χ0n) is 13.8. The smallest absolute Gasteiger partial charge is 0.251 e. The van der Waals surface area contributed by atoms with Crippen molar-refractivity contribution in [2.45, 2.75) is 6.04 Å². The molecule has 0 bridgehead atoms. The van der Waals surface area contributed by atoms with Crippen molar-refractivity contribution < 1.29 is 13.9 Å². The highest BCUT2D eigenvalue weighted by Gasteiger charge is 2.23. The Morgan fingerprint density at radius 1 is 1.12 bits per heavy atom. The van der Waals surface area contributed by atoms with E-state index < -0.39 is 0 Å². The standard InChI is InChI=1S/C19H20ClFN2O2/c20-16-5-1-15(2-6-16)19(24)22-13-18(23-9-11-25-12-10-23)14-3-7-17(21)8-4-14/h1-8,18H,9-13H2,(H,22,24). The fourth-order valence-corrected chi connectivity index (χ4v) is 3.05. The lowest BCUT2D eigenvalue weighted by atomic mass is 10.0. The van der Waals surface area contributed by atoms with Crippen molar-refractivity contribution in [2.24, 2.45) is 0 Å². The maximum atomic E-state index is 13.2. The van der Waals surface area contributed by atoms with Gasteiger partial charge in [0, 0.05) is 30.2 Å². The van der Waals surface area contributed by atoms with Gasteiger partial charge < -0.3 is 10.1 Å². The predicted octanol–water partition coefficient (Wildman–Crippen LogP) is 3.28. The van der Waals surface area contributed by atoms with Crippen LogP contribution in [0, 0.1) is 5.82 Å². The first-order chi connectivity index (χ1) is 12.1. The van der Waals surface area contributed by atoms with Gasteiger partial charge in [-0.25, -0.2) is 4.39 Å². The Kier molecular flexibility index (Phi) is 6.02. The summed E-state index contributed by atoms with van der Waals surface area (Å²) >= 11 is 5.86. The number of carbonyl (C=O) groups is 1. The maximum absolute atomic E-state index is 13.2. The average Bonchev–Trinajstić information content (AvgIpc) is 2.64. The Bertz CT molecular complexity index is 700. The van der Waals surface area contributed by atoms with Gasteiger partial charge in [0.2, 0.25) is 0 Å². The van der Waals surface area contributed by atoms with Crippen LogP contribution in [0.15, 0.2) is 48.5 Å². The monoisotopic (exact) mass is 362 g/mol. The molecule has 1 heterocycles. The minimum atomic E-state index is -0.269. The lowest BCUT2D eigenvalue weighted by Crippen LogP contribution is -2.43. The molecule has 1 aliphatic rings. The molecule has 1 fully saturated rings. The second-order valence-electron chi connectivity index (χ2n) is 5.93. The van der Waals surface area contributed by atoms with E-state index in [1.165, 1.54) is 12.1 Å². The third kappa shape index (κ3) is 4.78. The number of benzene rings is 2. The van der Waals surface area contributed by atoms with Crippen molar-refractivity contribution in [3.05, 3.63) is 70.5 Å². The van der Waals surface area contributed by atoms with Gasteiger partial charge in [-0.15, -0.1) is 0 Å². The van der Waals surface area contributed by atoms with Crippen molar-refractivity contribution in [3.8, 4) is 0 Å². The van der Waals surface area contributed by atoms with E-state index in [2.05, 4.69) is 10.2 Å². The third-order valence-corrected chi connectivity index (χ3v) is 4.56. The van der Waals surface area contributed by atoms with Gasteiger partial charge in [0.25, 0.3) is 5.91 Å². The molecule has 3 rings (SSSR count). The number of carbonyl (C=O) groups excluding carboxylic acids is 1.